The van der Waals surface area contributed by atoms with E-state index in [0.717, 1.165) is 6.07 Å². The van der Waals surface area contributed by atoms with Gasteiger partial charge < -0.3 is 4.74 Å². The summed E-state index contributed by atoms with van der Waals surface area (Å²) in [7, 11) is 0. The summed E-state index contributed by atoms with van der Waals surface area (Å²) in [6.45, 7) is 0. The van der Waals surface area contributed by atoms with Crippen molar-refractivity contribution in [3.63, 3.8) is 0 Å². The van der Waals surface area contributed by atoms with Crippen LogP contribution in [0.4, 0.5) is 13.2 Å². The summed E-state index contributed by atoms with van der Waals surface area (Å²) in [4.78, 5) is 7.24. The number of halogens is 3. The van der Waals surface area contributed by atoms with Gasteiger partial charge in [0.25, 0.3) is 0 Å². The van der Waals surface area contributed by atoms with Crippen molar-refractivity contribution in [3.8, 4) is 17.7 Å². The number of hydrogen-bond donors (Lipinski definition) is 0. The van der Waals surface area contributed by atoms with Crippen LogP contribution in [-0.2, 0) is 6.18 Å². The lowest BCUT2D eigenvalue weighted by molar-refractivity contribution is -0.138. The molecule has 0 aliphatic rings. The fourth-order valence-electron chi connectivity index (χ4n) is 1.36. The number of ether oxygens (including phenoxy) is 1. The highest BCUT2D eigenvalue weighted by atomic mass is 19.4. The minimum atomic E-state index is -4.53. The van der Waals surface area contributed by atoms with Gasteiger partial charge in [0.05, 0.1) is 5.56 Å². The van der Waals surface area contributed by atoms with Gasteiger partial charge in [0.1, 0.15) is 11.8 Å². The van der Waals surface area contributed by atoms with Crippen LogP contribution in [0.5, 0.6) is 11.6 Å². The molecule has 0 radical (unpaired) electrons. The van der Waals surface area contributed by atoms with Gasteiger partial charge in [0.2, 0.25) is 11.7 Å². The summed E-state index contributed by atoms with van der Waals surface area (Å²) in [6, 6.07) is 7.70. The molecule has 0 N–H and O–H groups in total. The normalized spacial score (nSPS) is 10.8. The van der Waals surface area contributed by atoms with E-state index in [-0.39, 0.29) is 17.5 Å². The molecule has 0 bridgehead atoms. The van der Waals surface area contributed by atoms with E-state index < -0.39 is 11.7 Å². The lowest BCUT2D eigenvalue weighted by Crippen LogP contribution is -2.07. The van der Waals surface area contributed by atoms with Crippen LogP contribution in [0.1, 0.15) is 11.4 Å². The molecule has 1 aromatic heterocycles. The predicted molar refractivity (Wildman–Crippen MR) is 58.3 cm³/mol. The summed E-state index contributed by atoms with van der Waals surface area (Å²) in [5.41, 5.74) is -0.910. The highest BCUT2D eigenvalue weighted by molar-refractivity contribution is 5.38. The molecule has 0 atom stereocenters. The minimum Gasteiger partial charge on any atom is -0.438 e. The summed E-state index contributed by atoms with van der Waals surface area (Å²) < 4.78 is 43.3. The van der Waals surface area contributed by atoms with E-state index in [1.54, 1.807) is 6.07 Å². The first-order chi connectivity index (χ1) is 9.00. The number of nitrogens with zero attached hydrogens (tertiary/aromatic N) is 3. The van der Waals surface area contributed by atoms with Gasteiger partial charge in [-0.1, -0.05) is 12.1 Å². The fourth-order valence-corrected chi connectivity index (χ4v) is 1.36. The zero-order valence-electron chi connectivity index (χ0n) is 9.35. The number of benzene rings is 1. The number of para-hydroxylation sites is 1. The molecule has 0 spiro atoms. The van der Waals surface area contributed by atoms with Gasteiger partial charge in [-0.15, -0.1) is 0 Å². The van der Waals surface area contributed by atoms with E-state index in [1.807, 2.05) is 0 Å². The Hall–Kier alpha value is -2.62. The van der Waals surface area contributed by atoms with Crippen LogP contribution >= 0.6 is 0 Å². The van der Waals surface area contributed by atoms with E-state index in [2.05, 4.69) is 9.97 Å². The van der Waals surface area contributed by atoms with Gasteiger partial charge in [-0.3, -0.25) is 0 Å². The monoisotopic (exact) mass is 265 g/mol. The molecule has 1 heterocycles. The number of hydrogen-bond acceptors (Lipinski definition) is 4. The van der Waals surface area contributed by atoms with Gasteiger partial charge >= 0.3 is 6.18 Å². The van der Waals surface area contributed by atoms with Crippen LogP contribution in [0.15, 0.2) is 36.5 Å². The zero-order chi connectivity index (χ0) is 13.9. The minimum absolute atomic E-state index is 0.122. The molecule has 0 saturated heterocycles. The van der Waals surface area contributed by atoms with Gasteiger partial charge in [-0.25, -0.2) is 4.98 Å². The number of nitriles is 1. The van der Waals surface area contributed by atoms with Crippen LogP contribution in [-0.4, -0.2) is 9.97 Å². The van der Waals surface area contributed by atoms with Crippen molar-refractivity contribution in [2.24, 2.45) is 0 Å². The Labute approximate surface area is 106 Å². The summed E-state index contributed by atoms with van der Waals surface area (Å²) in [6.07, 6.45) is -3.29. The first-order valence-electron chi connectivity index (χ1n) is 5.08. The molecule has 1 aromatic carbocycles. The Morgan fingerprint density at radius 1 is 1.16 bits per heavy atom. The lowest BCUT2D eigenvalue weighted by atomic mass is 10.2. The highest BCUT2D eigenvalue weighted by Crippen LogP contribution is 2.37. The molecule has 4 nitrogen and oxygen atoms in total. The van der Waals surface area contributed by atoms with E-state index >= 15 is 0 Å². The van der Waals surface area contributed by atoms with Crippen LogP contribution in [0.3, 0.4) is 0 Å². The van der Waals surface area contributed by atoms with Crippen molar-refractivity contribution in [3.05, 3.63) is 47.9 Å². The smallest absolute Gasteiger partial charge is 0.419 e. The maximum absolute atomic E-state index is 12.7. The van der Waals surface area contributed by atoms with Crippen molar-refractivity contribution >= 4 is 0 Å². The Bertz CT molecular complexity index is 635. The van der Waals surface area contributed by atoms with Crippen molar-refractivity contribution in [2.75, 3.05) is 0 Å². The lowest BCUT2D eigenvalue weighted by Gasteiger charge is -2.12. The van der Waals surface area contributed by atoms with Crippen LogP contribution in [0.25, 0.3) is 0 Å². The summed E-state index contributed by atoms with van der Waals surface area (Å²) >= 11 is 0. The molecule has 7 heteroatoms. The summed E-state index contributed by atoms with van der Waals surface area (Å²) in [5, 5.41) is 8.60. The molecule has 2 aromatic rings. The molecule has 0 fully saturated rings. The average Bonchev–Trinajstić information content (AvgIpc) is 2.38. The molecular weight excluding hydrogens is 259 g/mol. The van der Waals surface area contributed by atoms with Gasteiger partial charge in [0.15, 0.2) is 0 Å². The SMILES string of the molecule is N#Cc1nccc(Oc2ccccc2C(F)(F)F)n1. The van der Waals surface area contributed by atoms with Crippen LogP contribution < -0.4 is 4.74 Å². The number of alkyl halides is 3. The molecule has 0 unspecified atom stereocenters. The Morgan fingerprint density at radius 2 is 1.89 bits per heavy atom. The zero-order valence-corrected chi connectivity index (χ0v) is 9.35. The first-order valence-corrected chi connectivity index (χ1v) is 5.08. The van der Waals surface area contributed by atoms with E-state index in [4.69, 9.17) is 10.00 Å². The number of aromatic nitrogens is 2. The standard InChI is InChI=1S/C12H6F3N3O/c13-12(14,15)8-3-1-2-4-9(8)19-11-5-6-17-10(7-16)18-11/h1-6H. The van der Waals surface area contributed by atoms with Gasteiger partial charge in [-0.2, -0.15) is 23.4 Å². The van der Waals surface area contributed by atoms with Crippen molar-refractivity contribution in [1.29, 1.82) is 5.26 Å². The maximum Gasteiger partial charge on any atom is 0.419 e. The van der Waals surface area contributed by atoms with Crippen LogP contribution in [0, 0.1) is 11.3 Å². The Balaban J connectivity index is 2.36. The van der Waals surface area contributed by atoms with E-state index in [1.165, 1.54) is 30.5 Å². The van der Waals surface area contributed by atoms with Crippen LogP contribution in [0.2, 0.25) is 0 Å². The van der Waals surface area contributed by atoms with Gasteiger partial charge in [0, 0.05) is 12.3 Å². The third-order valence-corrected chi connectivity index (χ3v) is 2.14. The van der Waals surface area contributed by atoms with Crippen molar-refractivity contribution < 1.29 is 17.9 Å². The largest absolute Gasteiger partial charge is 0.438 e. The Morgan fingerprint density at radius 3 is 2.58 bits per heavy atom. The van der Waals surface area contributed by atoms with Gasteiger partial charge in [-0.05, 0) is 12.1 Å². The maximum atomic E-state index is 12.7. The topological polar surface area (TPSA) is 58.8 Å². The highest BCUT2D eigenvalue weighted by Gasteiger charge is 2.34. The molecule has 19 heavy (non-hydrogen) atoms. The van der Waals surface area contributed by atoms with Crippen molar-refractivity contribution in [1.82, 2.24) is 9.97 Å². The third-order valence-electron chi connectivity index (χ3n) is 2.14. The molecule has 0 amide bonds. The first kappa shape index (κ1) is 12.8. The second kappa shape index (κ2) is 4.94. The fraction of sp³-hybridized carbons (Fsp3) is 0.0833. The molecule has 96 valence electrons. The quantitative estimate of drug-likeness (QED) is 0.836. The second-order valence-corrected chi connectivity index (χ2v) is 3.43. The van der Waals surface area contributed by atoms with Crippen molar-refractivity contribution in [2.45, 2.75) is 6.18 Å². The third kappa shape index (κ3) is 2.98. The second-order valence-electron chi connectivity index (χ2n) is 3.43. The number of rotatable bonds is 2. The van der Waals surface area contributed by atoms with E-state index in [9.17, 15) is 13.2 Å². The molecular formula is C12H6F3N3O. The molecule has 2 rings (SSSR count). The molecule has 0 aliphatic carbocycles. The molecule has 0 saturated carbocycles. The van der Waals surface area contributed by atoms with E-state index in [0.29, 0.717) is 0 Å². The average molecular weight is 265 g/mol. The molecule has 0 aliphatic heterocycles. The predicted octanol–water partition coefficient (Wildman–Crippen LogP) is 3.16. The Kier molecular flexibility index (Phi) is 3.33. The summed E-state index contributed by atoms with van der Waals surface area (Å²) in [5.74, 6) is -0.678.